The second kappa shape index (κ2) is 12.9. The van der Waals surface area contributed by atoms with Gasteiger partial charge in [0, 0.05) is 60.8 Å². The van der Waals surface area contributed by atoms with Crippen LogP contribution in [-0.2, 0) is 13.1 Å². The van der Waals surface area contributed by atoms with E-state index in [1.165, 1.54) is 17.7 Å². The van der Waals surface area contributed by atoms with Gasteiger partial charge in [-0.05, 0) is 67.2 Å². The second-order valence-corrected chi connectivity index (χ2v) is 11.5. The van der Waals surface area contributed by atoms with Gasteiger partial charge in [0.25, 0.3) is 0 Å². The van der Waals surface area contributed by atoms with Crippen LogP contribution in [0.15, 0.2) is 97.6 Å². The van der Waals surface area contributed by atoms with Gasteiger partial charge in [0.15, 0.2) is 0 Å². The third-order valence-electron chi connectivity index (χ3n) is 7.79. The minimum atomic E-state index is -0.370. The number of hydrogen-bond acceptors (Lipinski definition) is 7. The maximum atomic E-state index is 14.7. The Morgan fingerprint density at radius 1 is 0.826 bits per heavy atom. The van der Waals surface area contributed by atoms with E-state index in [0.29, 0.717) is 30.2 Å². The predicted octanol–water partition coefficient (Wildman–Crippen LogP) is 6.60. The maximum absolute atomic E-state index is 14.7. The topological polar surface area (TPSA) is 108 Å². The zero-order chi connectivity index (χ0) is 31.5. The van der Waals surface area contributed by atoms with Crippen LogP contribution in [0.4, 0.5) is 4.39 Å². The van der Waals surface area contributed by atoms with E-state index in [1.54, 1.807) is 12.4 Å². The van der Waals surface area contributed by atoms with Crippen molar-refractivity contribution in [3.8, 4) is 39.5 Å². The molecule has 2 aromatic carbocycles. The van der Waals surface area contributed by atoms with E-state index in [0.717, 1.165) is 63.1 Å². The van der Waals surface area contributed by atoms with Crippen molar-refractivity contribution in [1.82, 2.24) is 40.3 Å². The average molecular weight is 613 g/mol. The molecule has 0 bridgehead atoms. The largest absolute Gasteiger partial charge is 0.492 e. The molecule has 0 atom stereocenters. The van der Waals surface area contributed by atoms with Gasteiger partial charge in [-0.15, -0.1) is 0 Å². The highest BCUT2D eigenvalue weighted by Crippen LogP contribution is 2.35. The van der Waals surface area contributed by atoms with Gasteiger partial charge >= 0.3 is 0 Å². The number of rotatable bonds is 11. The van der Waals surface area contributed by atoms with Crippen LogP contribution in [-0.4, -0.2) is 62.3 Å². The molecular weight excluding hydrogens is 579 g/mol. The van der Waals surface area contributed by atoms with Crippen molar-refractivity contribution in [1.29, 1.82) is 0 Å². The summed E-state index contributed by atoms with van der Waals surface area (Å²) in [5, 5.41) is 12.1. The zero-order valence-electron chi connectivity index (χ0n) is 25.6. The first-order valence-corrected chi connectivity index (χ1v) is 15.1. The van der Waals surface area contributed by atoms with E-state index in [4.69, 9.17) is 9.72 Å². The minimum absolute atomic E-state index is 0.370. The Morgan fingerprint density at radius 3 is 2.54 bits per heavy atom. The molecule has 230 valence electrons. The first-order valence-electron chi connectivity index (χ1n) is 15.1. The lowest BCUT2D eigenvalue weighted by Gasteiger charge is -2.12. The Balaban J connectivity index is 1.17. The van der Waals surface area contributed by atoms with Gasteiger partial charge in [-0.25, -0.2) is 9.37 Å². The van der Waals surface area contributed by atoms with E-state index in [1.807, 2.05) is 73.9 Å². The van der Waals surface area contributed by atoms with Gasteiger partial charge < -0.3 is 19.9 Å². The van der Waals surface area contributed by atoms with Crippen LogP contribution >= 0.6 is 0 Å². The lowest BCUT2D eigenvalue weighted by Crippen LogP contribution is -2.19. The molecule has 0 spiro atoms. The molecule has 0 aliphatic rings. The van der Waals surface area contributed by atoms with E-state index in [2.05, 4.69) is 48.7 Å². The number of nitrogens with one attached hydrogen (secondary N) is 3. The number of ether oxygens (including phenoxy) is 1. The molecule has 5 heterocycles. The summed E-state index contributed by atoms with van der Waals surface area (Å²) in [4.78, 5) is 19.4. The highest BCUT2D eigenvalue weighted by molar-refractivity contribution is 6.00. The quantitative estimate of drug-likeness (QED) is 0.151. The standard InChI is InChI=1S/C36H33FN8O/c1-45(2)10-11-46-28-14-25(13-27(37)15-28)30-21-40-22-34-29(30)16-33(41-34)36-35-32(43-44-36)9-8-31(42-35)26-12-24(19-39-20-26)18-38-17-23-6-4-3-5-7-23/h3-9,12-16,19-22,38,41H,10-11,17-18H2,1-2H3,(H,43,44). The molecule has 3 N–H and O–H groups in total. The fraction of sp³-hybridized carbons (Fsp3) is 0.167. The van der Waals surface area contributed by atoms with Crippen LogP contribution in [0.25, 0.3) is 55.7 Å². The molecule has 10 heteroatoms. The average Bonchev–Trinajstić information content (AvgIpc) is 3.69. The van der Waals surface area contributed by atoms with Gasteiger partial charge in [0.1, 0.15) is 29.4 Å². The predicted molar refractivity (Wildman–Crippen MR) is 179 cm³/mol. The van der Waals surface area contributed by atoms with Crippen molar-refractivity contribution in [3.05, 3.63) is 115 Å². The van der Waals surface area contributed by atoms with E-state index >= 15 is 0 Å². The molecule has 0 aliphatic carbocycles. The fourth-order valence-electron chi connectivity index (χ4n) is 5.48. The minimum Gasteiger partial charge on any atom is -0.492 e. The SMILES string of the molecule is CN(C)CCOc1cc(F)cc(-c2cncc3[nH]c(-c4n[nH]c5ccc(-c6cncc(CNCc7ccccc7)c6)nc45)cc23)c1. The highest BCUT2D eigenvalue weighted by Gasteiger charge is 2.17. The van der Waals surface area contributed by atoms with Crippen molar-refractivity contribution in [3.63, 3.8) is 0 Å². The number of fused-ring (bicyclic) bond motifs is 2. The molecule has 7 rings (SSSR count). The smallest absolute Gasteiger partial charge is 0.135 e. The number of hydrogen-bond donors (Lipinski definition) is 3. The summed E-state index contributed by atoms with van der Waals surface area (Å²) in [7, 11) is 3.94. The molecule has 0 fully saturated rings. The Labute approximate surface area is 265 Å². The molecule has 0 saturated carbocycles. The first kappa shape index (κ1) is 29.3. The number of halogens is 1. The summed E-state index contributed by atoms with van der Waals surface area (Å²) in [6, 6.07) is 23.1. The number of aromatic nitrogens is 6. The zero-order valence-corrected chi connectivity index (χ0v) is 25.6. The molecule has 0 amide bonds. The highest BCUT2D eigenvalue weighted by atomic mass is 19.1. The third-order valence-corrected chi connectivity index (χ3v) is 7.79. The van der Waals surface area contributed by atoms with E-state index in [9.17, 15) is 4.39 Å². The van der Waals surface area contributed by atoms with Crippen LogP contribution in [0, 0.1) is 5.82 Å². The van der Waals surface area contributed by atoms with Crippen molar-refractivity contribution in [2.45, 2.75) is 13.1 Å². The van der Waals surface area contributed by atoms with Crippen molar-refractivity contribution in [2.24, 2.45) is 0 Å². The fourth-order valence-corrected chi connectivity index (χ4v) is 5.48. The van der Waals surface area contributed by atoms with Crippen LogP contribution in [0.5, 0.6) is 5.75 Å². The van der Waals surface area contributed by atoms with Crippen LogP contribution in [0.1, 0.15) is 11.1 Å². The Morgan fingerprint density at radius 2 is 1.67 bits per heavy atom. The van der Waals surface area contributed by atoms with Crippen LogP contribution in [0.2, 0.25) is 0 Å². The first-order chi connectivity index (χ1) is 22.5. The summed E-state index contributed by atoms with van der Waals surface area (Å²) >= 11 is 0. The summed E-state index contributed by atoms with van der Waals surface area (Å²) in [6.45, 7) is 2.65. The van der Waals surface area contributed by atoms with Crippen molar-refractivity contribution in [2.75, 3.05) is 27.2 Å². The molecule has 0 unspecified atom stereocenters. The van der Waals surface area contributed by atoms with Gasteiger partial charge in [-0.1, -0.05) is 30.3 Å². The normalized spacial score (nSPS) is 11.6. The number of pyridine rings is 3. The molecule has 7 aromatic rings. The summed E-state index contributed by atoms with van der Waals surface area (Å²) in [5.74, 6) is 0.107. The van der Waals surface area contributed by atoms with Crippen molar-refractivity contribution >= 4 is 21.9 Å². The van der Waals surface area contributed by atoms with E-state index < -0.39 is 0 Å². The summed E-state index contributed by atoms with van der Waals surface area (Å²) in [6.07, 6.45) is 7.20. The molecule has 5 aromatic heterocycles. The Kier molecular flexibility index (Phi) is 8.20. The lowest BCUT2D eigenvalue weighted by atomic mass is 10.0. The second-order valence-electron chi connectivity index (χ2n) is 11.5. The number of nitrogens with zero attached hydrogens (tertiary/aromatic N) is 5. The number of H-pyrrole nitrogens is 2. The maximum Gasteiger partial charge on any atom is 0.135 e. The number of likely N-dealkylation sites (N-methyl/N-ethyl adjacent to an activating group) is 1. The molecule has 0 aliphatic heterocycles. The third kappa shape index (κ3) is 6.35. The summed E-state index contributed by atoms with van der Waals surface area (Å²) in [5.41, 5.74) is 9.30. The molecular formula is C36H33FN8O. The van der Waals surface area contributed by atoms with Crippen LogP contribution < -0.4 is 10.1 Å². The summed E-state index contributed by atoms with van der Waals surface area (Å²) < 4.78 is 20.5. The Hall–Kier alpha value is -5.45. The van der Waals surface area contributed by atoms with Crippen LogP contribution in [0.3, 0.4) is 0 Å². The molecule has 0 saturated heterocycles. The van der Waals surface area contributed by atoms with Gasteiger partial charge in [-0.3, -0.25) is 15.1 Å². The number of aromatic amines is 2. The van der Waals surface area contributed by atoms with Gasteiger partial charge in [-0.2, -0.15) is 5.10 Å². The Bertz CT molecular complexity index is 2120. The number of benzene rings is 2. The molecule has 46 heavy (non-hydrogen) atoms. The molecule has 9 nitrogen and oxygen atoms in total. The van der Waals surface area contributed by atoms with Crippen molar-refractivity contribution < 1.29 is 9.13 Å². The van der Waals surface area contributed by atoms with Gasteiger partial charge in [0.2, 0.25) is 0 Å². The lowest BCUT2D eigenvalue weighted by molar-refractivity contribution is 0.260. The van der Waals surface area contributed by atoms with E-state index in [-0.39, 0.29) is 5.82 Å². The monoisotopic (exact) mass is 612 g/mol. The molecule has 0 radical (unpaired) electrons. The van der Waals surface area contributed by atoms with Gasteiger partial charge in [0.05, 0.1) is 28.6 Å².